The second kappa shape index (κ2) is 10.8. The van der Waals surface area contributed by atoms with Gasteiger partial charge in [-0.15, -0.1) is 11.3 Å². The number of aromatic nitrogens is 4. The molecule has 39 heavy (non-hydrogen) atoms. The Morgan fingerprint density at radius 2 is 1.97 bits per heavy atom. The molecule has 0 saturated carbocycles. The van der Waals surface area contributed by atoms with Crippen LogP contribution in [0.15, 0.2) is 16.7 Å². The predicted octanol–water partition coefficient (Wildman–Crippen LogP) is -3.61. The fourth-order valence-electron chi connectivity index (χ4n) is 2.99. The molecule has 0 unspecified atom stereocenters. The van der Waals surface area contributed by atoms with Crippen molar-refractivity contribution < 1.29 is 45.7 Å². The first-order valence-electron chi connectivity index (χ1n) is 10.4. The Morgan fingerprint density at radius 1 is 1.31 bits per heavy atom. The van der Waals surface area contributed by atoms with E-state index in [1.165, 1.54) is 5.38 Å². The summed E-state index contributed by atoms with van der Waals surface area (Å²) in [4.78, 5) is 46.8. The van der Waals surface area contributed by atoms with Crippen molar-refractivity contribution in [3.05, 3.63) is 23.0 Å². The number of carboxylic acids is 1. The lowest BCUT2D eigenvalue weighted by molar-refractivity contribution is -0.161. The summed E-state index contributed by atoms with van der Waals surface area (Å²) < 4.78 is 57.2. The first kappa shape index (κ1) is 29.8. The molecular weight excluding hydrogens is 588 g/mol. The summed E-state index contributed by atoms with van der Waals surface area (Å²) in [5.74, 6) is -3.75. The molecule has 1 saturated heterocycles. The maximum Gasteiger partial charge on any atom is 0.362 e. The van der Waals surface area contributed by atoms with Crippen LogP contribution < -0.4 is 20.9 Å². The van der Waals surface area contributed by atoms with Crippen LogP contribution in [0.2, 0.25) is 0 Å². The van der Waals surface area contributed by atoms with Crippen LogP contribution >= 0.6 is 11.3 Å². The molecular formula is C16H22N10O10S3. The minimum Gasteiger partial charge on any atom is -0.478 e. The number of carbonyl (C=O) groups is 3. The van der Waals surface area contributed by atoms with Gasteiger partial charge >= 0.3 is 16.3 Å². The standard InChI is InChI=1S/C16H22N10O10S3/c1-16(2,14(29)30)36-24-10(8-6-37-15(17)21-8)12(27)22-11-9(26(13(11)28)39(33,34)35)5-25-19-3-7(23-25)4-20-38(18,31)32/h3,6,9,11,20H,4-5H2,1-2H3,(H2,17,21)(H,22,27)(H,29,30)(H2,18,31,32)(H,33,34,35)/b24-10+/t9-,11+/m1/s1. The highest BCUT2D eigenvalue weighted by Crippen LogP contribution is 2.25. The van der Waals surface area contributed by atoms with Crippen molar-refractivity contribution >= 4 is 60.5 Å². The van der Waals surface area contributed by atoms with Crippen molar-refractivity contribution in [2.75, 3.05) is 5.73 Å². The van der Waals surface area contributed by atoms with Crippen LogP contribution in [0.1, 0.15) is 25.2 Å². The molecule has 1 aliphatic heterocycles. The van der Waals surface area contributed by atoms with Crippen LogP contribution in [-0.4, -0.2) is 92.0 Å². The Morgan fingerprint density at radius 3 is 2.51 bits per heavy atom. The van der Waals surface area contributed by atoms with E-state index >= 15 is 0 Å². The number of nitrogen functional groups attached to an aromatic ring is 1. The van der Waals surface area contributed by atoms with Gasteiger partial charge in [0.15, 0.2) is 10.8 Å². The summed E-state index contributed by atoms with van der Waals surface area (Å²) >= 11 is 0.919. The van der Waals surface area contributed by atoms with Crippen LogP contribution in [0.4, 0.5) is 5.13 Å². The number of rotatable bonds is 12. The number of nitrogens with one attached hydrogen (secondary N) is 2. The first-order valence-corrected chi connectivity index (χ1v) is 14.2. The highest BCUT2D eigenvalue weighted by Gasteiger charge is 2.54. The summed E-state index contributed by atoms with van der Waals surface area (Å²) in [6.45, 7) is 1.48. The number of nitrogens with two attached hydrogens (primary N) is 2. The Labute approximate surface area is 224 Å². The fraction of sp³-hybridized carbons (Fsp3) is 0.438. The second-order valence-corrected chi connectivity index (χ2v) is 11.9. The quantitative estimate of drug-likeness (QED) is 0.0585. The number of β-lactam (4-membered cyclic amide) rings is 1. The van der Waals surface area contributed by atoms with Gasteiger partial charge in [-0.25, -0.2) is 19.2 Å². The van der Waals surface area contributed by atoms with Crippen molar-refractivity contribution in [2.45, 2.75) is 44.6 Å². The maximum atomic E-state index is 13.1. The third kappa shape index (κ3) is 7.21. The minimum atomic E-state index is -5.08. The van der Waals surface area contributed by atoms with Crippen molar-refractivity contribution in [3.63, 3.8) is 0 Å². The number of aliphatic carboxylic acids is 1. The lowest BCUT2D eigenvalue weighted by Crippen LogP contribution is -2.73. The Balaban J connectivity index is 1.85. The van der Waals surface area contributed by atoms with E-state index in [0.29, 0.717) is 0 Å². The molecule has 3 heterocycles. The number of nitrogens with zero attached hydrogens (tertiary/aromatic N) is 6. The van der Waals surface area contributed by atoms with E-state index in [1.807, 2.05) is 4.72 Å². The topological polar surface area (TPSA) is 304 Å². The highest BCUT2D eigenvalue weighted by atomic mass is 32.2. The molecule has 0 spiro atoms. The normalized spacial score (nSPS) is 18.5. The van der Waals surface area contributed by atoms with Gasteiger partial charge < -0.3 is 21.0 Å². The van der Waals surface area contributed by atoms with Gasteiger partial charge in [-0.1, -0.05) is 5.16 Å². The van der Waals surface area contributed by atoms with Gasteiger partial charge in [-0.3, -0.25) is 14.1 Å². The third-order valence-electron chi connectivity index (χ3n) is 4.95. The zero-order valence-corrected chi connectivity index (χ0v) is 22.4. The van der Waals surface area contributed by atoms with Crippen LogP contribution in [-0.2, 0) is 52.8 Å². The molecule has 0 aliphatic carbocycles. The van der Waals surface area contributed by atoms with Gasteiger partial charge in [0.05, 0.1) is 25.0 Å². The van der Waals surface area contributed by atoms with Crippen LogP contribution in [0.5, 0.6) is 0 Å². The molecule has 2 aromatic rings. The number of carbonyl (C=O) groups excluding carboxylic acids is 2. The Hall–Kier alpha value is -3.77. The SMILES string of the molecule is CC(C)(O/N=C(/C(=O)N[C@@H]1C(=O)N(S(=O)(=O)O)[C@@H]1Cn1ncc(CNS(N)(=O)=O)n1)c1csc(N)n1)C(=O)O. The van der Waals surface area contributed by atoms with Gasteiger partial charge in [0.25, 0.3) is 22.0 Å². The third-order valence-corrected chi connectivity index (χ3v) is 7.12. The Bertz CT molecular complexity index is 1530. The maximum absolute atomic E-state index is 13.1. The van der Waals surface area contributed by atoms with Crippen molar-refractivity contribution in [1.82, 2.24) is 34.3 Å². The number of hydrogen-bond acceptors (Lipinski definition) is 14. The predicted molar refractivity (Wildman–Crippen MR) is 130 cm³/mol. The number of thiazole rings is 1. The number of oxime groups is 1. The zero-order valence-electron chi connectivity index (χ0n) is 19.9. The highest BCUT2D eigenvalue weighted by molar-refractivity contribution is 7.87. The molecule has 0 radical (unpaired) electrons. The number of amides is 2. The lowest BCUT2D eigenvalue weighted by atomic mass is 9.98. The van der Waals surface area contributed by atoms with Crippen LogP contribution in [0.3, 0.4) is 0 Å². The van der Waals surface area contributed by atoms with Crippen LogP contribution in [0, 0.1) is 0 Å². The fourth-order valence-corrected chi connectivity index (χ4v) is 4.76. The van der Waals surface area contributed by atoms with Gasteiger partial charge in [-0.05, 0) is 13.8 Å². The summed E-state index contributed by atoms with van der Waals surface area (Å²) in [6, 6.07) is -3.01. The van der Waals surface area contributed by atoms with Crippen LogP contribution in [0.25, 0.3) is 0 Å². The monoisotopic (exact) mass is 610 g/mol. The number of anilines is 1. The first-order chi connectivity index (χ1) is 17.9. The number of carboxylic acid groups (broad SMARTS) is 1. The van der Waals surface area contributed by atoms with E-state index in [-0.39, 0.29) is 27.4 Å². The van der Waals surface area contributed by atoms with Gasteiger partial charge in [0.1, 0.15) is 17.8 Å². The lowest BCUT2D eigenvalue weighted by Gasteiger charge is -2.43. The molecule has 2 amide bonds. The van der Waals surface area contributed by atoms with Gasteiger partial charge in [0.2, 0.25) is 5.60 Å². The summed E-state index contributed by atoms with van der Waals surface area (Å²) in [5, 5.41) is 29.0. The van der Waals surface area contributed by atoms with E-state index < -0.39 is 68.2 Å². The van der Waals surface area contributed by atoms with Crippen molar-refractivity contribution in [3.8, 4) is 0 Å². The average Bonchev–Trinajstić information content (AvgIpc) is 3.43. The molecule has 20 nitrogen and oxygen atoms in total. The molecule has 8 N–H and O–H groups in total. The van der Waals surface area contributed by atoms with E-state index in [0.717, 1.165) is 36.2 Å². The van der Waals surface area contributed by atoms with E-state index in [1.54, 1.807) is 0 Å². The smallest absolute Gasteiger partial charge is 0.362 e. The van der Waals surface area contributed by atoms with E-state index in [4.69, 9.17) is 15.7 Å². The molecule has 214 valence electrons. The molecule has 1 fully saturated rings. The van der Waals surface area contributed by atoms with E-state index in [2.05, 4.69) is 25.7 Å². The second-order valence-electron chi connectivity index (χ2n) is 8.30. The average molecular weight is 611 g/mol. The molecule has 2 atom stereocenters. The molecule has 1 aliphatic rings. The molecule has 0 aromatic carbocycles. The number of hydrogen-bond donors (Lipinski definition) is 6. The van der Waals surface area contributed by atoms with E-state index in [9.17, 15) is 40.9 Å². The molecule has 3 rings (SSSR count). The molecule has 0 bridgehead atoms. The summed E-state index contributed by atoms with van der Waals surface area (Å²) in [5.41, 5.74) is 3.09. The van der Waals surface area contributed by atoms with Crippen molar-refractivity contribution in [2.24, 2.45) is 10.3 Å². The minimum absolute atomic E-state index is 0.0237. The summed E-state index contributed by atoms with van der Waals surface area (Å²) in [6.07, 6.45) is 1.13. The molecule has 23 heteroatoms. The molecule has 2 aromatic heterocycles. The van der Waals surface area contributed by atoms with Gasteiger partial charge in [-0.2, -0.15) is 36.6 Å². The van der Waals surface area contributed by atoms with Gasteiger partial charge in [0, 0.05) is 5.38 Å². The largest absolute Gasteiger partial charge is 0.478 e. The summed E-state index contributed by atoms with van der Waals surface area (Å²) in [7, 11) is -9.12. The van der Waals surface area contributed by atoms with Crippen molar-refractivity contribution in [1.29, 1.82) is 0 Å². The Kier molecular flexibility index (Phi) is 8.23. The zero-order chi connectivity index (χ0) is 29.3.